The van der Waals surface area contributed by atoms with E-state index in [1.165, 1.54) is 4.90 Å². The van der Waals surface area contributed by atoms with E-state index in [1.807, 2.05) is 26.0 Å². The first-order chi connectivity index (χ1) is 11.4. The van der Waals surface area contributed by atoms with Crippen LogP contribution in [0.15, 0.2) is 29.2 Å². The topological polar surface area (TPSA) is 49.9 Å². The van der Waals surface area contributed by atoms with E-state index in [-0.39, 0.29) is 23.4 Å². The Labute approximate surface area is 150 Å². The normalized spacial score (nSPS) is 27.3. The molecule has 0 spiro atoms. The van der Waals surface area contributed by atoms with Crippen LogP contribution in [0.1, 0.15) is 19.4 Å². The van der Waals surface area contributed by atoms with Gasteiger partial charge in [-0.15, -0.1) is 0 Å². The number of morpholine rings is 1. The van der Waals surface area contributed by atoms with Crippen LogP contribution in [-0.4, -0.2) is 52.9 Å². The smallest absolute Gasteiger partial charge is 0.294 e. The van der Waals surface area contributed by atoms with Crippen molar-refractivity contribution in [1.29, 1.82) is 0 Å². The number of hydrogen-bond acceptors (Lipinski definition) is 5. The predicted octanol–water partition coefficient (Wildman–Crippen LogP) is 3.44. The highest BCUT2D eigenvalue weighted by Crippen LogP contribution is 2.32. The van der Waals surface area contributed by atoms with Crippen LogP contribution in [0, 0.1) is 0 Å². The zero-order chi connectivity index (χ0) is 17.3. The minimum atomic E-state index is -0.244. The van der Waals surface area contributed by atoms with Gasteiger partial charge in [0.05, 0.1) is 23.8 Å². The molecule has 2 aliphatic rings. The largest absolute Gasteiger partial charge is 0.373 e. The van der Waals surface area contributed by atoms with E-state index in [9.17, 15) is 9.59 Å². The number of carbonyl (C=O) groups is 2. The van der Waals surface area contributed by atoms with Crippen molar-refractivity contribution in [3.8, 4) is 0 Å². The second-order valence-electron chi connectivity index (χ2n) is 6.10. The molecule has 5 nitrogen and oxygen atoms in total. The SMILES string of the molecule is CC1CN(CN2C(=O)S/C(=C\c3ccc(Cl)cc3)C2=O)CC(C)O1. The Morgan fingerprint density at radius 3 is 2.46 bits per heavy atom. The minimum absolute atomic E-state index is 0.0956. The van der Waals surface area contributed by atoms with Crippen LogP contribution in [0.25, 0.3) is 6.08 Å². The highest BCUT2D eigenvalue weighted by atomic mass is 35.5. The Kier molecular flexibility index (Phi) is 5.30. The molecule has 24 heavy (non-hydrogen) atoms. The predicted molar refractivity (Wildman–Crippen MR) is 95.7 cm³/mol. The molecule has 0 N–H and O–H groups in total. The molecule has 0 aromatic heterocycles. The van der Waals surface area contributed by atoms with Gasteiger partial charge >= 0.3 is 0 Å². The van der Waals surface area contributed by atoms with Crippen LogP contribution >= 0.6 is 23.4 Å². The second kappa shape index (κ2) is 7.27. The molecule has 2 atom stereocenters. The molecule has 2 aliphatic heterocycles. The van der Waals surface area contributed by atoms with Crippen molar-refractivity contribution in [2.75, 3.05) is 19.8 Å². The summed E-state index contributed by atoms with van der Waals surface area (Å²) in [6, 6.07) is 7.16. The molecule has 1 aromatic rings. The van der Waals surface area contributed by atoms with Crippen LogP contribution in [0.3, 0.4) is 0 Å². The zero-order valence-corrected chi connectivity index (χ0v) is 15.1. The third kappa shape index (κ3) is 4.00. The average Bonchev–Trinajstić information content (AvgIpc) is 2.76. The second-order valence-corrected chi connectivity index (χ2v) is 7.53. The molecule has 128 valence electrons. The molecule has 0 bridgehead atoms. The highest BCUT2D eigenvalue weighted by Gasteiger charge is 2.37. The number of nitrogens with zero attached hydrogens (tertiary/aromatic N) is 2. The summed E-state index contributed by atoms with van der Waals surface area (Å²) < 4.78 is 5.69. The molecule has 2 unspecified atom stereocenters. The third-order valence-electron chi connectivity index (χ3n) is 3.88. The number of hydrogen-bond donors (Lipinski definition) is 0. The lowest BCUT2D eigenvalue weighted by Gasteiger charge is -2.36. The summed E-state index contributed by atoms with van der Waals surface area (Å²) in [7, 11) is 0. The summed E-state index contributed by atoms with van der Waals surface area (Å²) in [6.07, 6.45) is 1.92. The minimum Gasteiger partial charge on any atom is -0.373 e. The van der Waals surface area contributed by atoms with Crippen molar-refractivity contribution < 1.29 is 14.3 Å². The molecule has 1 aromatic carbocycles. The van der Waals surface area contributed by atoms with Crippen LogP contribution in [0.5, 0.6) is 0 Å². The van der Waals surface area contributed by atoms with E-state index < -0.39 is 0 Å². The van der Waals surface area contributed by atoms with Gasteiger partial charge < -0.3 is 4.74 Å². The fourth-order valence-corrected chi connectivity index (χ4v) is 3.89. The summed E-state index contributed by atoms with van der Waals surface area (Å²) in [5.41, 5.74) is 0.846. The first-order valence-corrected chi connectivity index (χ1v) is 9.00. The molecule has 2 saturated heterocycles. The van der Waals surface area contributed by atoms with Gasteiger partial charge in [-0.3, -0.25) is 19.4 Å². The molecule has 7 heteroatoms. The van der Waals surface area contributed by atoms with E-state index in [1.54, 1.807) is 18.2 Å². The fraction of sp³-hybridized carbons (Fsp3) is 0.412. The fourth-order valence-electron chi connectivity index (χ4n) is 2.93. The molecule has 0 saturated carbocycles. The summed E-state index contributed by atoms with van der Waals surface area (Å²) in [6.45, 7) is 5.72. The van der Waals surface area contributed by atoms with Gasteiger partial charge in [-0.05, 0) is 49.4 Å². The van der Waals surface area contributed by atoms with Crippen molar-refractivity contribution >= 4 is 40.6 Å². The number of thioether (sulfide) groups is 1. The lowest BCUT2D eigenvalue weighted by Crippen LogP contribution is -2.50. The van der Waals surface area contributed by atoms with Crippen LogP contribution in [0.4, 0.5) is 4.79 Å². The van der Waals surface area contributed by atoms with Crippen LogP contribution < -0.4 is 0 Å². The molecule has 0 radical (unpaired) electrons. The van der Waals surface area contributed by atoms with Gasteiger partial charge in [0.2, 0.25) is 0 Å². The summed E-state index contributed by atoms with van der Waals surface area (Å²) >= 11 is 6.84. The van der Waals surface area contributed by atoms with Gasteiger partial charge in [-0.1, -0.05) is 23.7 Å². The molecule has 2 amide bonds. The molecular weight excluding hydrogens is 348 g/mol. The van der Waals surface area contributed by atoms with Gasteiger partial charge in [0, 0.05) is 18.1 Å². The van der Waals surface area contributed by atoms with Crippen molar-refractivity contribution in [2.24, 2.45) is 0 Å². The summed E-state index contributed by atoms with van der Waals surface area (Å²) in [4.78, 5) is 28.6. The van der Waals surface area contributed by atoms with E-state index in [2.05, 4.69) is 4.90 Å². The van der Waals surface area contributed by atoms with E-state index in [0.29, 0.717) is 29.7 Å². The van der Waals surface area contributed by atoms with Gasteiger partial charge in [-0.25, -0.2) is 0 Å². The number of ether oxygens (including phenoxy) is 1. The number of rotatable bonds is 3. The van der Waals surface area contributed by atoms with Crippen molar-refractivity contribution in [3.63, 3.8) is 0 Å². The van der Waals surface area contributed by atoms with Gasteiger partial charge in [0.1, 0.15) is 0 Å². The Morgan fingerprint density at radius 2 is 1.83 bits per heavy atom. The molecular formula is C17H19ClN2O3S. The summed E-state index contributed by atoms with van der Waals surface area (Å²) in [5, 5.41) is 0.405. The Balaban J connectivity index is 1.71. The summed E-state index contributed by atoms with van der Waals surface area (Å²) in [5.74, 6) is -0.244. The quantitative estimate of drug-likeness (QED) is 0.767. The Hall–Kier alpha value is -1.34. The lowest BCUT2D eigenvalue weighted by atomic mass is 10.2. The highest BCUT2D eigenvalue weighted by molar-refractivity contribution is 8.18. The van der Waals surface area contributed by atoms with Gasteiger partial charge in [0.15, 0.2) is 0 Å². The van der Waals surface area contributed by atoms with Gasteiger partial charge in [0.25, 0.3) is 11.1 Å². The first kappa shape index (κ1) is 17.5. The molecule has 0 aliphatic carbocycles. The van der Waals surface area contributed by atoms with Crippen molar-refractivity contribution in [3.05, 3.63) is 39.8 Å². The van der Waals surface area contributed by atoms with Crippen molar-refractivity contribution in [1.82, 2.24) is 9.80 Å². The molecule has 3 rings (SSSR count). The lowest BCUT2D eigenvalue weighted by molar-refractivity contribution is -0.127. The number of halogens is 1. The van der Waals surface area contributed by atoms with E-state index in [0.717, 1.165) is 17.3 Å². The van der Waals surface area contributed by atoms with E-state index in [4.69, 9.17) is 16.3 Å². The maximum Gasteiger partial charge on any atom is 0.294 e. The van der Waals surface area contributed by atoms with Crippen LogP contribution in [-0.2, 0) is 9.53 Å². The molecule has 2 heterocycles. The van der Waals surface area contributed by atoms with Crippen LogP contribution in [0.2, 0.25) is 5.02 Å². The monoisotopic (exact) mass is 366 g/mol. The number of benzene rings is 1. The maximum absolute atomic E-state index is 12.6. The standard InChI is InChI=1S/C17H19ClN2O3S/c1-11-8-19(9-12(2)23-11)10-20-16(21)15(24-17(20)22)7-13-3-5-14(18)6-4-13/h3-7,11-12H,8-10H2,1-2H3/b15-7-. The first-order valence-electron chi connectivity index (χ1n) is 7.81. The average molecular weight is 367 g/mol. The molecule has 2 fully saturated rings. The van der Waals surface area contributed by atoms with Gasteiger partial charge in [-0.2, -0.15) is 0 Å². The Morgan fingerprint density at radius 1 is 1.21 bits per heavy atom. The third-order valence-corrected chi connectivity index (χ3v) is 5.04. The van der Waals surface area contributed by atoms with E-state index >= 15 is 0 Å². The number of amides is 2. The van der Waals surface area contributed by atoms with Crippen molar-refractivity contribution in [2.45, 2.75) is 26.1 Å². The zero-order valence-electron chi connectivity index (χ0n) is 13.6. The number of imide groups is 1. The Bertz CT molecular complexity index is 667. The number of carbonyl (C=O) groups excluding carboxylic acids is 2. The maximum atomic E-state index is 12.6.